The molecule has 2 aliphatic rings. The van der Waals surface area contributed by atoms with Crippen molar-refractivity contribution >= 4 is 33.4 Å². The van der Waals surface area contributed by atoms with Crippen molar-refractivity contribution in [1.82, 2.24) is 20.5 Å². The van der Waals surface area contributed by atoms with E-state index in [4.69, 9.17) is 4.74 Å². The highest BCUT2D eigenvalue weighted by molar-refractivity contribution is 7.92. The molecule has 29 heavy (non-hydrogen) atoms. The fraction of sp³-hybridized carbons (Fsp3) is 0.500. The summed E-state index contributed by atoms with van der Waals surface area (Å²) < 4.78 is 31.1. The van der Waals surface area contributed by atoms with E-state index >= 15 is 0 Å². The summed E-state index contributed by atoms with van der Waals surface area (Å²) >= 11 is 0. The molecule has 0 bridgehead atoms. The van der Waals surface area contributed by atoms with Gasteiger partial charge in [0.15, 0.2) is 5.82 Å². The Morgan fingerprint density at radius 2 is 2.14 bits per heavy atom. The minimum atomic E-state index is -3.33. The zero-order valence-corrected chi connectivity index (χ0v) is 17.0. The maximum Gasteiger partial charge on any atom is 0.407 e. The minimum Gasteiger partial charge on any atom is -0.446 e. The summed E-state index contributed by atoms with van der Waals surface area (Å²) in [4.78, 5) is 15.9. The van der Waals surface area contributed by atoms with Gasteiger partial charge in [-0.2, -0.15) is 5.10 Å². The first-order valence-electron chi connectivity index (χ1n) is 9.56. The van der Waals surface area contributed by atoms with Crippen molar-refractivity contribution in [1.29, 1.82) is 0 Å². The van der Waals surface area contributed by atoms with Gasteiger partial charge in [-0.15, -0.1) is 0 Å². The quantitative estimate of drug-likeness (QED) is 0.583. The predicted molar refractivity (Wildman–Crippen MR) is 107 cm³/mol. The Bertz CT molecular complexity index is 1020. The first-order valence-corrected chi connectivity index (χ1v) is 11.2. The number of nitrogens with zero attached hydrogens (tertiary/aromatic N) is 2. The number of hydrogen-bond donors (Lipinski definition) is 4. The summed E-state index contributed by atoms with van der Waals surface area (Å²) in [6.07, 6.45) is 3.55. The second-order valence-electron chi connectivity index (χ2n) is 7.76. The van der Waals surface area contributed by atoms with Gasteiger partial charge in [0.25, 0.3) is 0 Å². The summed E-state index contributed by atoms with van der Waals surface area (Å²) in [5.74, 6) is 1.15. The number of sulfonamides is 1. The zero-order chi connectivity index (χ0) is 20.6. The van der Waals surface area contributed by atoms with Gasteiger partial charge in [0.1, 0.15) is 11.9 Å². The Morgan fingerprint density at radius 3 is 2.93 bits per heavy atom. The summed E-state index contributed by atoms with van der Waals surface area (Å²) in [6, 6.07) is 3.72. The number of rotatable bonds is 5. The SMILES string of the molecule is CC(C)NC(=O)O[C@@H]1CC[C@H](c2cc(Nc3cnc4c(c3)CS(=O)(=O)N4)n[nH]2)C1. The van der Waals surface area contributed by atoms with E-state index in [9.17, 15) is 13.2 Å². The zero-order valence-electron chi connectivity index (χ0n) is 16.2. The van der Waals surface area contributed by atoms with Crippen LogP contribution in [0.2, 0.25) is 0 Å². The molecule has 1 aliphatic carbocycles. The van der Waals surface area contributed by atoms with Crippen LogP contribution in [0, 0.1) is 0 Å². The molecule has 3 heterocycles. The number of aromatic nitrogens is 3. The predicted octanol–water partition coefficient (Wildman–Crippen LogP) is 2.57. The molecule has 1 fully saturated rings. The maximum absolute atomic E-state index is 11.8. The molecule has 11 heteroatoms. The smallest absolute Gasteiger partial charge is 0.407 e. The average Bonchev–Trinajstić information content (AvgIpc) is 3.31. The summed E-state index contributed by atoms with van der Waals surface area (Å²) in [5, 5.41) is 13.2. The van der Waals surface area contributed by atoms with Crippen LogP contribution >= 0.6 is 0 Å². The van der Waals surface area contributed by atoms with Crippen LogP contribution in [0.1, 0.15) is 50.3 Å². The van der Waals surface area contributed by atoms with Crippen LogP contribution in [-0.4, -0.2) is 41.8 Å². The lowest BCUT2D eigenvalue weighted by Gasteiger charge is -2.14. The molecule has 0 spiro atoms. The first-order chi connectivity index (χ1) is 13.8. The third-order valence-electron chi connectivity index (χ3n) is 4.94. The van der Waals surface area contributed by atoms with Crippen molar-refractivity contribution in [3.8, 4) is 0 Å². The lowest BCUT2D eigenvalue weighted by molar-refractivity contribution is 0.0981. The number of hydrogen-bond acceptors (Lipinski definition) is 7. The fourth-order valence-corrected chi connectivity index (χ4v) is 4.86. The molecule has 1 aliphatic heterocycles. The van der Waals surface area contributed by atoms with E-state index in [1.807, 2.05) is 19.9 Å². The van der Waals surface area contributed by atoms with Crippen molar-refractivity contribution in [2.24, 2.45) is 0 Å². The minimum absolute atomic E-state index is 0.0468. The Balaban J connectivity index is 1.36. The number of ether oxygens (including phenoxy) is 1. The van der Waals surface area contributed by atoms with Gasteiger partial charge in [-0.1, -0.05) is 0 Å². The Hall–Kier alpha value is -2.82. The van der Waals surface area contributed by atoms with E-state index in [1.54, 1.807) is 12.3 Å². The molecule has 10 nitrogen and oxygen atoms in total. The third-order valence-corrected chi connectivity index (χ3v) is 6.13. The van der Waals surface area contributed by atoms with Gasteiger partial charge in [-0.05, 0) is 39.2 Å². The summed E-state index contributed by atoms with van der Waals surface area (Å²) in [6.45, 7) is 3.79. The molecular formula is C18H24N6O4S. The number of aromatic amines is 1. The molecule has 156 valence electrons. The van der Waals surface area contributed by atoms with Crippen LogP contribution in [0.3, 0.4) is 0 Å². The number of pyridine rings is 1. The molecule has 4 N–H and O–H groups in total. The molecule has 2 aromatic rings. The van der Waals surface area contributed by atoms with Gasteiger partial charge in [0.2, 0.25) is 10.0 Å². The standard InChI is InChI=1S/C18H24N6O4S/c1-10(2)20-18(25)28-14-4-3-11(6-14)15-7-16(23-22-15)21-13-5-12-9-29(26,27)24-17(12)19-8-13/h5,7-8,10-11,14H,3-4,6,9H2,1-2H3,(H,19,24)(H,20,25)(H2,21,22,23)/t11-,14+/m0/s1. The molecule has 4 rings (SSSR count). The number of nitrogens with one attached hydrogen (secondary N) is 4. The number of anilines is 3. The summed E-state index contributed by atoms with van der Waals surface area (Å²) in [7, 11) is -3.33. The van der Waals surface area contributed by atoms with Crippen LogP contribution in [0.25, 0.3) is 0 Å². The largest absolute Gasteiger partial charge is 0.446 e. The fourth-order valence-electron chi connectivity index (χ4n) is 3.68. The van der Waals surface area contributed by atoms with Crippen molar-refractivity contribution in [2.75, 3.05) is 10.0 Å². The third kappa shape index (κ3) is 4.61. The van der Waals surface area contributed by atoms with Crippen molar-refractivity contribution < 1.29 is 17.9 Å². The number of carbonyl (C=O) groups is 1. The highest BCUT2D eigenvalue weighted by Crippen LogP contribution is 2.36. The van der Waals surface area contributed by atoms with Gasteiger partial charge in [-0.3, -0.25) is 9.82 Å². The van der Waals surface area contributed by atoms with E-state index in [-0.39, 0.29) is 29.9 Å². The first kappa shape index (κ1) is 19.5. The van der Waals surface area contributed by atoms with E-state index in [0.29, 0.717) is 22.9 Å². The molecule has 1 saturated carbocycles. The van der Waals surface area contributed by atoms with E-state index in [2.05, 4.69) is 30.5 Å². The molecule has 0 radical (unpaired) electrons. The van der Waals surface area contributed by atoms with Crippen LogP contribution in [0.5, 0.6) is 0 Å². The Morgan fingerprint density at radius 1 is 1.31 bits per heavy atom. The van der Waals surface area contributed by atoms with Gasteiger partial charge in [-0.25, -0.2) is 18.2 Å². The molecular weight excluding hydrogens is 396 g/mol. The number of amides is 1. The molecule has 2 aromatic heterocycles. The van der Waals surface area contributed by atoms with E-state index in [1.165, 1.54) is 0 Å². The second-order valence-corrected chi connectivity index (χ2v) is 9.49. The lowest BCUT2D eigenvalue weighted by Crippen LogP contribution is -2.33. The molecule has 1 amide bonds. The van der Waals surface area contributed by atoms with E-state index < -0.39 is 10.0 Å². The van der Waals surface area contributed by atoms with Crippen molar-refractivity contribution in [3.05, 3.63) is 29.6 Å². The van der Waals surface area contributed by atoms with Crippen LogP contribution in [0.15, 0.2) is 18.3 Å². The lowest BCUT2D eigenvalue weighted by atomic mass is 10.0. The van der Waals surface area contributed by atoms with Gasteiger partial charge >= 0.3 is 6.09 Å². The molecule has 2 atom stereocenters. The van der Waals surface area contributed by atoms with Crippen LogP contribution in [0.4, 0.5) is 22.1 Å². The average molecular weight is 420 g/mol. The Kier molecular flexibility index (Phi) is 5.07. The highest BCUT2D eigenvalue weighted by atomic mass is 32.2. The van der Waals surface area contributed by atoms with Gasteiger partial charge in [0, 0.05) is 29.3 Å². The number of carbonyl (C=O) groups excluding carboxylic acids is 1. The highest BCUT2D eigenvalue weighted by Gasteiger charge is 2.30. The van der Waals surface area contributed by atoms with Crippen LogP contribution in [-0.2, 0) is 20.5 Å². The van der Waals surface area contributed by atoms with Crippen molar-refractivity contribution in [2.45, 2.75) is 56.9 Å². The number of H-pyrrole nitrogens is 1. The molecule has 0 aromatic carbocycles. The second kappa shape index (κ2) is 7.54. The Labute approximate surface area is 168 Å². The molecule has 0 unspecified atom stereocenters. The number of fused-ring (bicyclic) bond motifs is 1. The van der Waals surface area contributed by atoms with Crippen molar-refractivity contribution in [3.63, 3.8) is 0 Å². The van der Waals surface area contributed by atoms with E-state index in [0.717, 1.165) is 25.0 Å². The normalized spacial score (nSPS) is 22.2. The maximum atomic E-state index is 11.8. The van der Waals surface area contributed by atoms with Gasteiger partial charge < -0.3 is 15.4 Å². The number of alkyl carbamates (subject to hydrolysis) is 1. The summed E-state index contributed by atoms with van der Waals surface area (Å²) in [5.41, 5.74) is 2.26. The monoisotopic (exact) mass is 420 g/mol. The van der Waals surface area contributed by atoms with Gasteiger partial charge in [0.05, 0.1) is 17.6 Å². The topological polar surface area (TPSA) is 138 Å². The van der Waals surface area contributed by atoms with Crippen LogP contribution < -0.4 is 15.4 Å². The molecule has 0 saturated heterocycles.